The number of amides is 1. The number of nitrogen functional groups attached to an aromatic ring is 1. The van der Waals surface area contributed by atoms with Crippen LogP contribution in [0, 0.1) is 5.41 Å². The number of benzene rings is 1. The van der Waals surface area contributed by atoms with Gasteiger partial charge in [-0.3, -0.25) is 9.69 Å². The first-order chi connectivity index (χ1) is 16.1. The summed E-state index contributed by atoms with van der Waals surface area (Å²) in [5, 5.41) is 0. The van der Waals surface area contributed by atoms with Crippen molar-refractivity contribution in [2.75, 3.05) is 35.2 Å². The Morgan fingerprint density at radius 3 is 2.39 bits per heavy atom. The minimum absolute atomic E-state index is 0.189. The van der Waals surface area contributed by atoms with Crippen molar-refractivity contribution < 1.29 is 4.79 Å². The van der Waals surface area contributed by atoms with Crippen LogP contribution in [0.15, 0.2) is 48.8 Å². The van der Waals surface area contributed by atoms with E-state index < -0.39 is 0 Å². The quantitative estimate of drug-likeness (QED) is 0.657. The van der Waals surface area contributed by atoms with Crippen molar-refractivity contribution in [3.05, 3.63) is 71.2 Å². The Labute approximate surface area is 193 Å². The second-order valence-corrected chi connectivity index (χ2v) is 9.62. The van der Waals surface area contributed by atoms with Crippen molar-refractivity contribution in [3.8, 4) is 0 Å². The van der Waals surface area contributed by atoms with Gasteiger partial charge < -0.3 is 10.6 Å². The Hall–Kier alpha value is -3.48. The van der Waals surface area contributed by atoms with Crippen molar-refractivity contribution in [2.45, 2.75) is 38.5 Å². The van der Waals surface area contributed by atoms with Gasteiger partial charge in [-0.05, 0) is 66.7 Å². The third kappa shape index (κ3) is 3.52. The van der Waals surface area contributed by atoms with E-state index in [0.717, 1.165) is 50.2 Å². The van der Waals surface area contributed by atoms with Crippen LogP contribution >= 0.6 is 0 Å². The lowest BCUT2D eigenvalue weighted by atomic mass is 9.76. The molecule has 6 rings (SSSR count). The SMILES string of the molecule is Nc1nc(N2CCC3(CC2)Cc2ccccc2C3)cnc1C(=O)N1CCCc2cccnc21. The highest BCUT2D eigenvalue weighted by molar-refractivity contribution is 6.07. The third-order valence-corrected chi connectivity index (χ3v) is 7.58. The molecule has 7 heteroatoms. The first kappa shape index (κ1) is 20.1. The van der Waals surface area contributed by atoms with E-state index in [9.17, 15) is 4.79 Å². The fourth-order valence-electron chi connectivity index (χ4n) is 5.77. The summed E-state index contributed by atoms with van der Waals surface area (Å²) in [7, 11) is 0. The molecular weight excluding hydrogens is 412 g/mol. The van der Waals surface area contributed by atoms with Crippen LogP contribution in [0.1, 0.15) is 46.4 Å². The Morgan fingerprint density at radius 2 is 1.67 bits per heavy atom. The molecule has 3 aliphatic rings. The lowest BCUT2D eigenvalue weighted by Crippen LogP contribution is -2.41. The number of anilines is 3. The number of carbonyl (C=O) groups excluding carboxylic acids is 1. The smallest absolute Gasteiger partial charge is 0.281 e. The Balaban J connectivity index is 1.17. The maximum Gasteiger partial charge on any atom is 0.281 e. The molecule has 0 saturated carbocycles. The molecule has 1 spiro atoms. The van der Waals surface area contributed by atoms with E-state index in [4.69, 9.17) is 5.73 Å². The fraction of sp³-hybridized carbons (Fsp3) is 0.385. The van der Waals surface area contributed by atoms with Crippen molar-refractivity contribution in [1.29, 1.82) is 0 Å². The number of nitrogens with two attached hydrogens (primary N) is 1. The first-order valence-corrected chi connectivity index (χ1v) is 11.8. The average molecular weight is 441 g/mol. The molecule has 1 aliphatic carbocycles. The van der Waals surface area contributed by atoms with Crippen molar-refractivity contribution in [1.82, 2.24) is 15.0 Å². The number of fused-ring (bicyclic) bond motifs is 2. The second kappa shape index (κ2) is 7.83. The monoisotopic (exact) mass is 440 g/mol. The van der Waals surface area contributed by atoms with E-state index in [1.807, 2.05) is 12.1 Å². The van der Waals surface area contributed by atoms with Gasteiger partial charge >= 0.3 is 0 Å². The summed E-state index contributed by atoms with van der Waals surface area (Å²) in [6, 6.07) is 12.8. The first-order valence-electron chi connectivity index (χ1n) is 11.8. The molecule has 2 aliphatic heterocycles. The van der Waals surface area contributed by atoms with Gasteiger partial charge in [-0.15, -0.1) is 0 Å². The van der Waals surface area contributed by atoms with Crippen LogP contribution in [0.25, 0.3) is 0 Å². The van der Waals surface area contributed by atoms with Crippen LogP contribution in [0.2, 0.25) is 0 Å². The number of hydrogen-bond acceptors (Lipinski definition) is 6. The summed E-state index contributed by atoms with van der Waals surface area (Å²) in [4.78, 5) is 30.7. The zero-order valence-electron chi connectivity index (χ0n) is 18.7. The summed E-state index contributed by atoms with van der Waals surface area (Å²) < 4.78 is 0. The van der Waals surface area contributed by atoms with Crippen LogP contribution < -0.4 is 15.5 Å². The molecule has 33 heavy (non-hydrogen) atoms. The van der Waals surface area contributed by atoms with Crippen molar-refractivity contribution in [3.63, 3.8) is 0 Å². The highest BCUT2D eigenvalue weighted by Gasteiger charge is 2.40. The molecule has 1 aromatic carbocycles. The van der Waals surface area contributed by atoms with E-state index in [0.29, 0.717) is 17.8 Å². The molecule has 1 fully saturated rings. The summed E-state index contributed by atoms with van der Waals surface area (Å²) >= 11 is 0. The fourth-order valence-corrected chi connectivity index (χ4v) is 5.77. The molecule has 2 aromatic heterocycles. The van der Waals surface area contributed by atoms with Crippen LogP contribution in [-0.4, -0.2) is 40.5 Å². The normalized spacial score (nSPS) is 18.8. The van der Waals surface area contributed by atoms with E-state index in [1.165, 1.54) is 24.0 Å². The topological polar surface area (TPSA) is 88.2 Å². The van der Waals surface area contributed by atoms with Crippen LogP contribution in [0.4, 0.5) is 17.5 Å². The maximum atomic E-state index is 13.2. The van der Waals surface area contributed by atoms with Gasteiger partial charge in [0.2, 0.25) is 0 Å². The molecule has 1 saturated heterocycles. The van der Waals surface area contributed by atoms with Crippen LogP contribution in [0.3, 0.4) is 0 Å². The molecule has 0 radical (unpaired) electrons. The second-order valence-electron chi connectivity index (χ2n) is 9.62. The highest BCUT2D eigenvalue weighted by atomic mass is 16.2. The van der Waals surface area contributed by atoms with E-state index in [2.05, 4.69) is 44.1 Å². The number of aryl methyl sites for hydroxylation is 1. The summed E-state index contributed by atoms with van der Waals surface area (Å²) in [5.41, 5.74) is 10.9. The van der Waals surface area contributed by atoms with Gasteiger partial charge in [-0.1, -0.05) is 30.3 Å². The molecule has 168 valence electrons. The third-order valence-electron chi connectivity index (χ3n) is 7.58. The molecule has 3 aromatic rings. The number of carbonyl (C=O) groups is 1. The number of hydrogen-bond donors (Lipinski definition) is 1. The van der Waals surface area contributed by atoms with Gasteiger partial charge in [-0.2, -0.15) is 0 Å². The lowest BCUT2D eigenvalue weighted by Gasteiger charge is -2.40. The predicted octanol–water partition coefficient (Wildman–Crippen LogP) is 3.43. The van der Waals surface area contributed by atoms with Crippen molar-refractivity contribution >= 4 is 23.4 Å². The average Bonchev–Trinajstić information content (AvgIpc) is 3.21. The zero-order chi connectivity index (χ0) is 22.4. The summed E-state index contributed by atoms with van der Waals surface area (Å²) in [6.45, 7) is 2.47. The Morgan fingerprint density at radius 1 is 0.939 bits per heavy atom. The number of piperidine rings is 1. The predicted molar refractivity (Wildman–Crippen MR) is 128 cm³/mol. The number of pyridine rings is 1. The van der Waals surface area contributed by atoms with Gasteiger partial charge in [0.15, 0.2) is 11.5 Å². The van der Waals surface area contributed by atoms with Gasteiger partial charge in [0.25, 0.3) is 5.91 Å². The molecule has 0 unspecified atom stereocenters. The van der Waals surface area contributed by atoms with Gasteiger partial charge in [0.1, 0.15) is 11.6 Å². The minimum atomic E-state index is -0.229. The van der Waals surface area contributed by atoms with Crippen LogP contribution in [-0.2, 0) is 19.3 Å². The van der Waals surface area contributed by atoms with E-state index >= 15 is 0 Å². The van der Waals surface area contributed by atoms with E-state index in [1.54, 1.807) is 17.3 Å². The number of rotatable bonds is 2. The van der Waals surface area contributed by atoms with Crippen molar-refractivity contribution in [2.24, 2.45) is 5.41 Å². The largest absolute Gasteiger partial charge is 0.382 e. The lowest BCUT2D eigenvalue weighted by molar-refractivity contribution is 0.0980. The molecular formula is C26H28N6O. The molecule has 0 bridgehead atoms. The number of nitrogens with zero attached hydrogens (tertiary/aromatic N) is 5. The highest BCUT2D eigenvalue weighted by Crippen LogP contribution is 2.45. The summed E-state index contributed by atoms with van der Waals surface area (Å²) in [5.74, 6) is 1.42. The van der Waals surface area contributed by atoms with Crippen LogP contribution in [0.5, 0.6) is 0 Å². The van der Waals surface area contributed by atoms with Gasteiger partial charge in [-0.25, -0.2) is 15.0 Å². The Kier molecular flexibility index (Phi) is 4.78. The zero-order valence-corrected chi connectivity index (χ0v) is 18.7. The molecule has 0 atom stereocenters. The molecule has 2 N–H and O–H groups in total. The number of aromatic nitrogens is 3. The summed E-state index contributed by atoms with van der Waals surface area (Å²) in [6.07, 6.45) is 9.83. The molecule has 4 heterocycles. The van der Waals surface area contributed by atoms with Gasteiger partial charge in [0.05, 0.1) is 6.20 Å². The minimum Gasteiger partial charge on any atom is -0.382 e. The standard InChI is InChI=1S/C26H28N6O/c27-23-22(25(33)32-12-4-8-18-7-3-11-28-24(18)32)29-17-21(30-23)31-13-9-26(10-14-31)15-19-5-1-2-6-20(19)16-26/h1-3,5-7,11,17H,4,8-10,12-16H2,(H2,27,30). The Bertz CT molecular complexity index is 1190. The molecule has 1 amide bonds. The van der Waals surface area contributed by atoms with E-state index in [-0.39, 0.29) is 17.4 Å². The maximum absolute atomic E-state index is 13.2. The van der Waals surface area contributed by atoms with Gasteiger partial charge in [0, 0.05) is 25.8 Å². The molecule has 7 nitrogen and oxygen atoms in total.